The molecule has 0 spiro atoms. The summed E-state index contributed by atoms with van der Waals surface area (Å²) in [5.74, 6) is 0. The summed E-state index contributed by atoms with van der Waals surface area (Å²) < 4.78 is 8.81. The van der Waals surface area contributed by atoms with E-state index in [4.69, 9.17) is 4.42 Å². The van der Waals surface area contributed by atoms with Gasteiger partial charge >= 0.3 is 0 Å². The van der Waals surface area contributed by atoms with Crippen LogP contribution in [0.2, 0.25) is 0 Å². The van der Waals surface area contributed by atoms with Gasteiger partial charge < -0.3 is 13.9 Å². The molecule has 266 valence electrons. The fourth-order valence-electron chi connectivity index (χ4n) is 8.93. The molecule has 2 aliphatic carbocycles. The summed E-state index contributed by atoms with van der Waals surface area (Å²) >= 11 is 0. The Morgan fingerprint density at radius 3 is 1.61 bits per heavy atom. The van der Waals surface area contributed by atoms with Crippen molar-refractivity contribution in [1.82, 2.24) is 4.57 Å². The van der Waals surface area contributed by atoms with Crippen LogP contribution in [0, 0.1) is 0 Å². The van der Waals surface area contributed by atoms with E-state index in [0.717, 1.165) is 44.9 Å². The zero-order valence-electron chi connectivity index (χ0n) is 30.9. The molecule has 0 fully saturated rings. The summed E-state index contributed by atoms with van der Waals surface area (Å²) in [5.41, 5.74) is 18.4. The summed E-state index contributed by atoms with van der Waals surface area (Å²) in [6.45, 7) is 0. The maximum atomic E-state index is 6.44. The van der Waals surface area contributed by atoms with E-state index < -0.39 is 0 Å². The molecule has 0 saturated heterocycles. The van der Waals surface area contributed by atoms with Crippen LogP contribution < -0.4 is 4.90 Å². The van der Waals surface area contributed by atoms with Gasteiger partial charge in [-0.3, -0.25) is 0 Å². The largest absolute Gasteiger partial charge is 0.456 e. The van der Waals surface area contributed by atoms with Crippen molar-refractivity contribution in [2.24, 2.45) is 0 Å². The molecule has 3 nitrogen and oxygen atoms in total. The first-order valence-electron chi connectivity index (χ1n) is 19.5. The third kappa shape index (κ3) is 5.06. The van der Waals surface area contributed by atoms with Gasteiger partial charge in [-0.1, -0.05) is 127 Å². The van der Waals surface area contributed by atoms with Crippen LogP contribution in [-0.4, -0.2) is 4.57 Å². The maximum absolute atomic E-state index is 6.44. The first-order valence-corrected chi connectivity index (χ1v) is 19.5. The highest BCUT2D eigenvalue weighted by Crippen LogP contribution is 2.51. The van der Waals surface area contributed by atoms with Gasteiger partial charge in [-0.25, -0.2) is 0 Å². The lowest BCUT2D eigenvalue weighted by molar-refractivity contribution is 0.670. The molecule has 2 aromatic heterocycles. The van der Waals surface area contributed by atoms with Crippen LogP contribution in [0.3, 0.4) is 0 Å². The van der Waals surface area contributed by atoms with Crippen molar-refractivity contribution in [3.63, 3.8) is 0 Å². The minimum atomic E-state index is 0.899. The maximum Gasteiger partial charge on any atom is 0.137 e. The Kier molecular flexibility index (Phi) is 6.93. The lowest BCUT2D eigenvalue weighted by Crippen LogP contribution is -2.10. The molecule has 12 rings (SSSR count). The summed E-state index contributed by atoms with van der Waals surface area (Å²) in [6.07, 6.45) is 0. The highest BCUT2D eigenvalue weighted by molar-refractivity contribution is 6.23. The predicted molar refractivity (Wildman–Crippen MR) is 238 cm³/mol. The van der Waals surface area contributed by atoms with Crippen LogP contribution in [0.4, 0.5) is 17.1 Å². The number of furan rings is 1. The van der Waals surface area contributed by atoms with Crippen LogP contribution in [0.1, 0.15) is 0 Å². The van der Waals surface area contributed by atoms with Crippen LogP contribution in [0.5, 0.6) is 0 Å². The molecule has 0 amide bonds. The number of rotatable bonds is 7. The van der Waals surface area contributed by atoms with E-state index in [1.54, 1.807) is 0 Å². The van der Waals surface area contributed by atoms with Crippen LogP contribution >= 0.6 is 0 Å². The molecule has 0 bridgehead atoms. The van der Waals surface area contributed by atoms with Crippen molar-refractivity contribution >= 4 is 60.8 Å². The van der Waals surface area contributed by atoms with Crippen molar-refractivity contribution < 1.29 is 4.42 Å². The third-order valence-corrected chi connectivity index (χ3v) is 11.6. The quantitative estimate of drug-likeness (QED) is 0.163. The number of benzene rings is 9. The smallest absolute Gasteiger partial charge is 0.137 e. The number of fused-ring (bicyclic) bond motifs is 8. The minimum Gasteiger partial charge on any atom is -0.456 e. The van der Waals surface area contributed by atoms with E-state index in [0.29, 0.717) is 0 Å². The highest BCUT2D eigenvalue weighted by atomic mass is 16.3. The molecular formula is C54H34N2O. The Balaban J connectivity index is 0.994. The van der Waals surface area contributed by atoms with E-state index >= 15 is 0 Å². The first-order chi connectivity index (χ1) is 28.3. The molecule has 10 aromatic rings. The molecule has 0 atom stereocenters. The fraction of sp³-hybridized carbons (Fsp3) is 0. The van der Waals surface area contributed by atoms with Crippen molar-refractivity contribution in [2.75, 3.05) is 4.90 Å². The predicted octanol–water partition coefficient (Wildman–Crippen LogP) is 15.1. The molecule has 0 saturated carbocycles. The third-order valence-electron chi connectivity index (χ3n) is 11.6. The van der Waals surface area contributed by atoms with Gasteiger partial charge in [-0.2, -0.15) is 0 Å². The molecule has 0 radical (unpaired) electrons. The monoisotopic (exact) mass is 726 g/mol. The summed E-state index contributed by atoms with van der Waals surface area (Å²) in [5, 5.41) is 4.85. The van der Waals surface area contributed by atoms with Crippen molar-refractivity contribution in [1.29, 1.82) is 0 Å². The van der Waals surface area contributed by atoms with Crippen molar-refractivity contribution in [3.8, 4) is 50.2 Å². The topological polar surface area (TPSA) is 21.3 Å². The van der Waals surface area contributed by atoms with Crippen molar-refractivity contribution in [2.45, 2.75) is 0 Å². The minimum absolute atomic E-state index is 0.899. The molecule has 57 heavy (non-hydrogen) atoms. The highest BCUT2D eigenvalue weighted by Gasteiger charge is 2.27. The van der Waals surface area contributed by atoms with Gasteiger partial charge in [0.15, 0.2) is 0 Å². The number of aromatic nitrogens is 1. The zero-order valence-corrected chi connectivity index (χ0v) is 30.9. The van der Waals surface area contributed by atoms with Gasteiger partial charge in [0.25, 0.3) is 0 Å². The van der Waals surface area contributed by atoms with E-state index in [2.05, 4.69) is 216 Å². The standard InChI is InChI=1S/C54H34N2O/c1-3-12-36(13-4-1)43-31-24-38(32-46(43)37-14-5-2-6-15-37)35-22-25-40(26-23-35)55(50-20-11-21-51-54(50)53-47-33-39(47)34-52(53)57-51)41-27-29-42(30-28-41)56-48-18-9-7-16-44(48)45-17-8-10-19-49(45)56/h1-34H. The van der Waals surface area contributed by atoms with E-state index in [-0.39, 0.29) is 0 Å². The first kappa shape index (κ1) is 31.7. The molecule has 8 aromatic carbocycles. The second-order valence-corrected chi connectivity index (χ2v) is 14.9. The fourth-order valence-corrected chi connectivity index (χ4v) is 8.93. The Morgan fingerprint density at radius 2 is 0.930 bits per heavy atom. The van der Waals surface area contributed by atoms with E-state index in [9.17, 15) is 0 Å². The lowest BCUT2D eigenvalue weighted by atomic mass is 9.91. The van der Waals surface area contributed by atoms with E-state index in [1.165, 1.54) is 66.1 Å². The number of hydrogen-bond acceptors (Lipinski definition) is 2. The Hall–Kier alpha value is -7.62. The van der Waals surface area contributed by atoms with Gasteiger partial charge in [0.1, 0.15) is 11.2 Å². The summed E-state index contributed by atoms with van der Waals surface area (Å²) in [4.78, 5) is 2.38. The number of hydrogen-bond donors (Lipinski definition) is 0. The molecule has 3 heteroatoms. The van der Waals surface area contributed by atoms with Crippen molar-refractivity contribution in [3.05, 3.63) is 206 Å². The van der Waals surface area contributed by atoms with Crippen LogP contribution in [0.25, 0.3) is 93.9 Å². The molecule has 0 unspecified atom stereocenters. The Bertz CT molecular complexity index is 3270. The van der Waals surface area contributed by atoms with Gasteiger partial charge in [0.2, 0.25) is 0 Å². The van der Waals surface area contributed by atoms with E-state index in [1.807, 2.05) is 0 Å². The van der Waals surface area contributed by atoms with Gasteiger partial charge in [0, 0.05) is 33.2 Å². The zero-order chi connectivity index (χ0) is 37.5. The van der Waals surface area contributed by atoms with Gasteiger partial charge in [-0.05, 0) is 123 Å². The molecule has 0 aliphatic heterocycles. The average molecular weight is 727 g/mol. The van der Waals surface area contributed by atoms with Gasteiger partial charge in [-0.15, -0.1) is 0 Å². The average Bonchev–Trinajstić information content (AvgIpc) is 3.61. The second kappa shape index (κ2) is 12.5. The molecular weight excluding hydrogens is 693 g/mol. The Morgan fingerprint density at radius 1 is 0.351 bits per heavy atom. The lowest BCUT2D eigenvalue weighted by Gasteiger charge is -2.27. The summed E-state index contributed by atoms with van der Waals surface area (Å²) in [6, 6.07) is 74.4. The SMILES string of the molecule is c1ccc(-c2ccc(-c3ccc(N(c4ccc(-n5c6ccccc6c6ccccc65)cc4)c4cccc5oc6cc7cc-7c6c45)cc3)cc2-c2ccccc2)cc1. The second-order valence-electron chi connectivity index (χ2n) is 14.9. The molecule has 2 heterocycles. The number of anilines is 3. The Labute approximate surface area is 329 Å². The normalized spacial score (nSPS) is 11.9. The number of para-hydroxylation sites is 2. The summed E-state index contributed by atoms with van der Waals surface area (Å²) in [7, 11) is 0. The molecule has 2 aliphatic rings. The number of nitrogens with zero attached hydrogens (tertiary/aromatic N) is 2. The van der Waals surface area contributed by atoms with Crippen LogP contribution in [-0.2, 0) is 0 Å². The molecule has 0 N–H and O–H groups in total. The van der Waals surface area contributed by atoms with Crippen LogP contribution in [0.15, 0.2) is 211 Å². The van der Waals surface area contributed by atoms with Gasteiger partial charge in [0.05, 0.1) is 22.1 Å².